The number of anilines is 1. The number of rotatable bonds is 3. The Morgan fingerprint density at radius 2 is 1.96 bits per heavy atom. The van der Waals surface area contributed by atoms with Crippen LogP contribution in [0.4, 0.5) is 10.6 Å². The molecule has 0 saturated heterocycles. The number of hydrogen-bond acceptors (Lipinski definition) is 3. The summed E-state index contributed by atoms with van der Waals surface area (Å²) in [5.41, 5.74) is 2.55. The highest BCUT2D eigenvalue weighted by Crippen LogP contribution is 2.22. The van der Waals surface area contributed by atoms with Crippen LogP contribution in [0.1, 0.15) is 31.0 Å². The van der Waals surface area contributed by atoms with E-state index in [1.54, 1.807) is 13.3 Å². The van der Waals surface area contributed by atoms with Gasteiger partial charge in [0.05, 0.1) is 13.3 Å². The minimum absolute atomic E-state index is 0.0721. The number of fused-ring (bicyclic) bond motifs is 1. The third kappa shape index (κ3) is 3.37. The number of carbonyl (C=O) groups is 1. The van der Waals surface area contributed by atoms with Gasteiger partial charge in [0.1, 0.15) is 11.6 Å². The first-order valence-electron chi connectivity index (χ1n) is 8.33. The Balaban J connectivity index is 1.68. The SMILES string of the molecule is COc1ccc2c(c1)CCN(C(=O)Nc1ccnn1C(C)C)CC2. The summed E-state index contributed by atoms with van der Waals surface area (Å²) in [5.74, 6) is 1.60. The maximum atomic E-state index is 12.6. The zero-order chi connectivity index (χ0) is 17.1. The van der Waals surface area contributed by atoms with Gasteiger partial charge in [0.25, 0.3) is 0 Å². The maximum absolute atomic E-state index is 12.6. The highest BCUT2D eigenvalue weighted by molar-refractivity contribution is 5.88. The second-order valence-corrected chi connectivity index (χ2v) is 6.31. The highest BCUT2D eigenvalue weighted by atomic mass is 16.5. The fraction of sp³-hybridized carbons (Fsp3) is 0.444. The smallest absolute Gasteiger partial charge is 0.323 e. The molecule has 0 spiro atoms. The zero-order valence-electron chi connectivity index (χ0n) is 14.5. The van der Waals surface area contributed by atoms with Crippen LogP contribution in [0.5, 0.6) is 5.75 Å². The normalized spacial score (nSPS) is 14.2. The second kappa shape index (κ2) is 6.95. The molecule has 0 radical (unpaired) electrons. The first kappa shape index (κ1) is 16.4. The summed E-state index contributed by atoms with van der Waals surface area (Å²) in [6, 6.07) is 8.12. The molecule has 2 amide bonds. The fourth-order valence-corrected chi connectivity index (χ4v) is 3.04. The average Bonchev–Trinajstić information content (AvgIpc) is 2.93. The van der Waals surface area contributed by atoms with E-state index in [9.17, 15) is 4.79 Å². The summed E-state index contributed by atoms with van der Waals surface area (Å²) in [6.07, 6.45) is 3.40. The van der Waals surface area contributed by atoms with Crippen molar-refractivity contribution in [3.8, 4) is 5.75 Å². The van der Waals surface area contributed by atoms with Gasteiger partial charge in [-0.2, -0.15) is 5.10 Å². The van der Waals surface area contributed by atoms with Gasteiger partial charge in [-0.05, 0) is 49.9 Å². The van der Waals surface area contributed by atoms with Crippen LogP contribution in [0, 0.1) is 0 Å². The van der Waals surface area contributed by atoms with E-state index in [4.69, 9.17) is 4.74 Å². The molecule has 1 aromatic carbocycles. The van der Waals surface area contributed by atoms with Crippen molar-refractivity contribution in [2.24, 2.45) is 0 Å². The number of aromatic nitrogens is 2. The third-order valence-corrected chi connectivity index (χ3v) is 4.40. The van der Waals surface area contributed by atoms with Crippen LogP contribution in [0.15, 0.2) is 30.5 Å². The van der Waals surface area contributed by atoms with Gasteiger partial charge in [-0.3, -0.25) is 5.32 Å². The molecule has 24 heavy (non-hydrogen) atoms. The summed E-state index contributed by atoms with van der Waals surface area (Å²) >= 11 is 0. The van der Waals surface area contributed by atoms with Crippen molar-refractivity contribution in [2.75, 3.05) is 25.5 Å². The minimum Gasteiger partial charge on any atom is -0.497 e. The molecule has 1 aromatic heterocycles. The number of nitrogens with one attached hydrogen (secondary N) is 1. The number of nitrogens with zero attached hydrogens (tertiary/aromatic N) is 3. The number of carbonyl (C=O) groups excluding carboxylic acids is 1. The summed E-state index contributed by atoms with van der Waals surface area (Å²) in [5, 5.41) is 7.23. The monoisotopic (exact) mass is 328 g/mol. The molecule has 1 aliphatic rings. The molecule has 1 aliphatic heterocycles. The third-order valence-electron chi connectivity index (χ3n) is 4.40. The molecule has 0 aliphatic carbocycles. The van der Waals surface area contributed by atoms with E-state index in [1.807, 2.05) is 35.6 Å². The van der Waals surface area contributed by atoms with E-state index in [0.29, 0.717) is 13.1 Å². The molecule has 1 N–H and O–H groups in total. The van der Waals surface area contributed by atoms with Crippen molar-refractivity contribution in [1.29, 1.82) is 0 Å². The Labute approximate surface area is 142 Å². The first-order valence-corrected chi connectivity index (χ1v) is 8.33. The standard InChI is InChI=1S/C18H24N4O2/c1-13(2)22-17(6-9-19-22)20-18(23)21-10-7-14-4-5-16(24-3)12-15(14)8-11-21/h4-6,9,12-13H,7-8,10-11H2,1-3H3,(H,20,23). The van der Waals surface area contributed by atoms with E-state index in [-0.39, 0.29) is 12.1 Å². The molecular formula is C18H24N4O2. The minimum atomic E-state index is -0.0721. The molecule has 0 atom stereocenters. The zero-order valence-corrected chi connectivity index (χ0v) is 14.5. The van der Waals surface area contributed by atoms with E-state index < -0.39 is 0 Å². The van der Waals surface area contributed by atoms with Crippen molar-refractivity contribution in [3.63, 3.8) is 0 Å². The Kier molecular flexibility index (Phi) is 4.74. The Morgan fingerprint density at radius 1 is 1.21 bits per heavy atom. The highest BCUT2D eigenvalue weighted by Gasteiger charge is 2.20. The number of urea groups is 1. The lowest BCUT2D eigenvalue weighted by molar-refractivity contribution is 0.214. The molecule has 6 heteroatoms. The lowest BCUT2D eigenvalue weighted by Crippen LogP contribution is -2.37. The molecule has 0 bridgehead atoms. The lowest BCUT2D eigenvalue weighted by atomic mass is 10.0. The largest absolute Gasteiger partial charge is 0.497 e. The number of ether oxygens (including phenoxy) is 1. The van der Waals surface area contributed by atoms with Crippen LogP contribution in [0.2, 0.25) is 0 Å². The predicted octanol–water partition coefficient (Wildman–Crippen LogP) is 3.11. The van der Waals surface area contributed by atoms with Gasteiger partial charge < -0.3 is 9.64 Å². The van der Waals surface area contributed by atoms with Crippen molar-refractivity contribution in [3.05, 3.63) is 41.6 Å². The Bertz CT molecular complexity index is 724. The molecule has 0 saturated carbocycles. The molecule has 2 heterocycles. The van der Waals surface area contributed by atoms with Crippen LogP contribution in [0.3, 0.4) is 0 Å². The van der Waals surface area contributed by atoms with Crippen molar-refractivity contribution in [1.82, 2.24) is 14.7 Å². The van der Waals surface area contributed by atoms with Crippen molar-refractivity contribution >= 4 is 11.8 Å². The molecule has 128 valence electrons. The van der Waals surface area contributed by atoms with Crippen molar-refractivity contribution < 1.29 is 9.53 Å². The van der Waals surface area contributed by atoms with E-state index in [0.717, 1.165) is 24.4 Å². The second-order valence-electron chi connectivity index (χ2n) is 6.31. The Morgan fingerprint density at radius 3 is 2.67 bits per heavy atom. The number of methoxy groups -OCH3 is 1. The molecule has 0 unspecified atom stereocenters. The van der Waals surface area contributed by atoms with Gasteiger partial charge in [-0.25, -0.2) is 9.48 Å². The topological polar surface area (TPSA) is 59.4 Å². The van der Waals surface area contributed by atoms with Crippen LogP contribution in [0.25, 0.3) is 0 Å². The number of amides is 2. The van der Waals surface area contributed by atoms with Crippen LogP contribution >= 0.6 is 0 Å². The van der Waals surface area contributed by atoms with Crippen LogP contribution in [-0.2, 0) is 12.8 Å². The Hall–Kier alpha value is -2.50. The van der Waals surface area contributed by atoms with E-state index in [2.05, 4.69) is 22.5 Å². The lowest BCUT2D eigenvalue weighted by Gasteiger charge is -2.21. The molecule has 3 rings (SSSR count). The van der Waals surface area contributed by atoms with E-state index >= 15 is 0 Å². The van der Waals surface area contributed by atoms with Crippen molar-refractivity contribution in [2.45, 2.75) is 32.7 Å². The van der Waals surface area contributed by atoms with Gasteiger partial charge in [0.2, 0.25) is 0 Å². The van der Waals surface area contributed by atoms with E-state index in [1.165, 1.54) is 11.1 Å². The van der Waals surface area contributed by atoms with Gasteiger partial charge in [0.15, 0.2) is 0 Å². The van der Waals surface area contributed by atoms with Gasteiger partial charge in [-0.15, -0.1) is 0 Å². The van der Waals surface area contributed by atoms with Crippen LogP contribution in [-0.4, -0.2) is 40.9 Å². The molecule has 2 aromatic rings. The summed E-state index contributed by atoms with van der Waals surface area (Å²) in [6.45, 7) is 5.49. The molecular weight excluding hydrogens is 304 g/mol. The summed E-state index contributed by atoms with van der Waals surface area (Å²) in [4.78, 5) is 14.5. The fourth-order valence-electron chi connectivity index (χ4n) is 3.04. The number of benzene rings is 1. The quantitative estimate of drug-likeness (QED) is 0.942. The van der Waals surface area contributed by atoms with Gasteiger partial charge in [-0.1, -0.05) is 6.07 Å². The van der Waals surface area contributed by atoms with Crippen LogP contribution < -0.4 is 10.1 Å². The average molecular weight is 328 g/mol. The molecule has 0 fully saturated rings. The van der Waals surface area contributed by atoms with Gasteiger partial charge in [0, 0.05) is 25.2 Å². The van der Waals surface area contributed by atoms with Gasteiger partial charge >= 0.3 is 6.03 Å². The number of hydrogen-bond donors (Lipinski definition) is 1. The summed E-state index contributed by atoms with van der Waals surface area (Å²) < 4.78 is 7.11. The predicted molar refractivity (Wildman–Crippen MR) is 93.6 cm³/mol. The molecule has 6 nitrogen and oxygen atoms in total. The summed E-state index contributed by atoms with van der Waals surface area (Å²) in [7, 11) is 1.68. The maximum Gasteiger partial charge on any atom is 0.323 e. The first-order chi connectivity index (χ1) is 11.6.